The number of nitriles is 1. The van der Waals surface area contributed by atoms with Crippen LogP contribution in [0.3, 0.4) is 0 Å². The van der Waals surface area contributed by atoms with Crippen molar-refractivity contribution in [3.8, 4) is 6.07 Å². The summed E-state index contributed by atoms with van der Waals surface area (Å²) in [5.74, 6) is -0.553. The predicted molar refractivity (Wildman–Crippen MR) is 78.2 cm³/mol. The van der Waals surface area contributed by atoms with Crippen LogP contribution in [0.2, 0.25) is 5.02 Å². The molecular weight excluding hydrogens is 274 g/mol. The molecule has 0 aliphatic heterocycles. The van der Waals surface area contributed by atoms with Crippen LogP contribution < -0.4 is 11.1 Å². The van der Waals surface area contributed by atoms with Gasteiger partial charge >= 0.3 is 0 Å². The van der Waals surface area contributed by atoms with Crippen LogP contribution in [-0.2, 0) is 4.79 Å². The fourth-order valence-electron chi connectivity index (χ4n) is 1.87. The zero-order valence-corrected chi connectivity index (χ0v) is 11.3. The van der Waals surface area contributed by atoms with E-state index in [1.807, 2.05) is 0 Å². The minimum absolute atomic E-state index is 0.415. The van der Waals surface area contributed by atoms with Gasteiger partial charge in [-0.25, -0.2) is 0 Å². The minimum atomic E-state index is -0.771. The highest BCUT2D eigenvalue weighted by Gasteiger charge is 2.20. The second-order valence-corrected chi connectivity index (χ2v) is 4.62. The summed E-state index contributed by atoms with van der Waals surface area (Å²) in [6.07, 6.45) is 0. The summed E-state index contributed by atoms with van der Waals surface area (Å²) in [4.78, 5) is 11.7. The van der Waals surface area contributed by atoms with Crippen LogP contribution in [0.4, 0.5) is 5.69 Å². The zero-order valence-electron chi connectivity index (χ0n) is 10.5. The first kappa shape index (κ1) is 13.9. The van der Waals surface area contributed by atoms with Gasteiger partial charge in [-0.2, -0.15) is 5.26 Å². The number of hydrogen-bond donors (Lipinski definition) is 2. The SMILES string of the molecule is N#Cc1ccccc1C(Nc1ccc(Cl)cc1)C(N)=O. The molecule has 3 N–H and O–H groups in total. The van der Waals surface area contributed by atoms with Crippen molar-refractivity contribution in [2.45, 2.75) is 6.04 Å². The molecule has 1 amide bonds. The molecule has 0 aliphatic carbocycles. The number of hydrogen-bond acceptors (Lipinski definition) is 3. The van der Waals surface area contributed by atoms with Gasteiger partial charge in [0, 0.05) is 16.3 Å². The average molecular weight is 286 g/mol. The molecule has 0 radical (unpaired) electrons. The maximum atomic E-state index is 11.7. The topological polar surface area (TPSA) is 78.9 Å². The summed E-state index contributed by atoms with van der Waals surface area (Å²) in [5, 5.41) is 12.7. The second kappa shape index (κ2) is 6.09. The lowest BCUT2D eigenvalue weighted by molar-refractivity contribution is -0.118. The Hall–Kier alpha value is -2.51. The monoisotopic (exact) mass is 285 g/mol. The molecule has 0 fully saturated rings. The van der Waals surface area contributed by atoms with Crippen LogP contribution >= 0.6 is 11.6 Å². The number of carbonyl (C=O) groups is 1. The standard InChI is InChI=1S/C15H12ClN3O/c16-11-5-7-12(8-6-11)19-14(15(18)20)13-4-2-1-3-10(13)9-17/h1-8,14,19H,(H2,18,20). The van der Waals surface area contributed by atoms with Gasteiger partial charge in [-0.3, -0.25) is 4.79 Å². The Labute approximate surface area is 121 Å². The molecule has 4 nitrogen and oxygen atoms in total. The van der Waals surface area contributed by atoms with Gasteiger partial charge in [-0.1, -0.05) is 29.8 Å². The van der Waals surface area contributed by atoms with Crippen molar-refractivity contribution in [1.29, 1.82) is 5.26 Å². The number of amides is 1. The molecule has 20 heavy (non-hydrogen) atoms. The van der Waals surface area contributed by atoms with E-state index in [1.54, 1.807) is 48.5 Å². The Kier molecular flexibility index (Phi) is 4.24. The minimum Gasteiger partial charge on any atom is -0.370 e. The third kappa shape index (κ3) is 3.08. The highest BCUT2D eigenvalue weighted by Crippen LogP contribution is 2.23. The number of anilines is 1. The van der Waals surface area contributed by atoms with Crippen molar-refractivity contribution in [2.75, 3.05) is 5.32 Å². The van der Waals surface area contributed by atoms with Crippen LogP contribution in [0.5, 0.6) is 0 Å². The Morgan fingerprint density at radius 2 is 1.85 bits per heavy atom. The van der Waals surface area contributed by atoms with E-state index < -0.39 is 11.9 Å². The summed E-state index contributed by atoms with van der Waals surface area (Å²) in [7, 11) is 0. The van der Waals surface area contributed by atoms with Crippen molar-refractivity contribution in [1.82, 2.24) is 0 Å². The van der Waals surface area contributed by atoms with E-state index in [0.717, 1.165) is 0 Å². The number of nitrogens with two attached hydrogens (primary N) is 1. The summed E-state index contributed by atoms with van der Waals surface area (Å²) in [6.45, 7) is 0. The second-order valence-electron chi connectivity index (χ2n) is 4.19. The first-order valence-electron chi connectivity index (χ1n) is 5.92. The van der Waals surface area contributed by atoms with Gasteiger partial charge in [-0.15, -0.1) is 0 Å². The van der Waals surface area contributed by atoms with Crippen LogP contribution in [0.15, 0.2) is 48.5 Å². The summed E-state index contributed by atoms with van der Waals surface area (Å²) >= 11 is 5.81. The molecule has 1 unspecified atom stereocenters. The first-order valence-corrected chi connectivity index (χ1v) is 6.30. The molecule has 0 spiro atoms. The molecular formula is C15H12ClN3O. The van der Waals surface area contributed by atoms with E-state index in [2.05, 4.69) is 11.4 Å². The molecule has 2 aromatic carbocycles. The Bertz CT molecular complexity index is 662. The first-order chi connectivity index (χ1) is 9.61. The Morgan fingerprint density at radius 1 is 1.20 bits per heavy atom. The number of nitrogens with zero attached hydrogens (tertiary/aromatic N) is 1. The van der Waals surface area contributed by atoms with Crippen LogP contribution in [0.25, 0.3) is 0 Å². The summed E-state index contributed by atoms with van der Waals surface area (Å²) < 4.78 is 0. The lowest BCUT2D eigenvalue weighted by Gasteiger charge is -2.18. The van der Waals surface area contributed by atoms with Gasteiger partial charge in [0.1, 0.15) is 6.04 Å². The molecule has 0 bridgehead atoms. The van der Waals surface area contributed by atoms with E-state index in [1.165, 1.54) is 0 Å². The lowest BCUT2D eigenvalue weighted by Crippen LogP contribution is -2.28. The lowest BCUT2D eigenvalue weighted by atomic mass is 10.0. The van der Waals surface area contributed by atoms with Crippen LogP contribution in [0, 0.1) is 11.3 Å². The molecule has 100 valence electrons. The molecule has 0 aliphatic rings. The molecule has 5 heteroatoms. The molecule has 1 atom stereocenters. The Balaban J connectivity index is 2.35. The molecule has 2 aromatic rings. The van der Waals surface area contributed by atoms with Gasteiger partial charge in [0.15, 0.2) is 0 Å². The average Bonchev–Trinajstić information content (AvgIpc) is 2.46. The fourth-order valence-corrected chi connectivity index (χ4v) is 1.99. The molecule has 0 saturated carbocycles. The number of rotatable bonds is 4. The van der Waals surface area contributed by atoms with Gasteiger partial charge in [0.2, 0.25) is 5.91 Å². The van der Waals surface area contributed by atoms with Crippen molar-refractivity contribution in [3.63, 3.8) is 0 Å². The normalized spacial score (nSPS) is 11.4. The van der Waals surface area contributed by atoms with E-state index in [9.17, 15) is 4.79 Å². The largest absolute Gasteiger partial charge is 0.370 e. The van der Waals surface area contributed by atoms with Gasteiger partial charge in [0.05, 0.1) is 11.6 Å². The summed E-state index contributed by atoms with van der Waals surface area (Å²) in [5.41, 5.74) is 7.10. The third-order valence-corrected chi connectivity index (χ3v) is 3.08. The quantitative estimate of drug-likeness (QED) is 0.906. The highest BCUT2D eigenvalue weighted by atomic mass is 35.5. The van der Waals surface area contributed by atoms with Crippen LogP contribution in [-0.4, -0.2) is 5.91 Å². The molecule has 0 saturated heterocycles. The van der Waals surface area contributed by atoms with Gasteiger partial charge in [-0.05, 0) is 30.3 Å². The van der Waals surface area contributed by atoms with E-state index in [4.69, 9.17) is 22.6 Å². The summed E-state index contributed by atoms with van der Waals surface area (Å²) in [6, 6.07) is 15.0. The molecule has 2 rings (SSSR count). The smallest absolute Gasteiger partial charge is 0.244 e. The number of primary amides is 1. The van der Waals surface area contributed by atoms with E-state index in [-0.39, 0.29) is 0 Å². The highest BCUT2D eigenvalue weighted by molar-refractivity contribution is 6.30. The number of benzene rings is 2. The van der Waals surface area contributed by atoms with Crippen LogP contribution in [0.1, 0.15) is 17.2 Å². The predicted octanol–water partition coefficient (Wildman–Crippen LogP) is 2.85. The van der Waals surface area contributed by atoms with Crippen molar-refractivity contribution < 1.29 is 4.79 Å². The fraction of sp³-hybridized carbons (Fsp3) is 0.0667. The maximum Gasteiger partial charge on any atom is 0.244 e. The van der Waals surface area contributed by atoms with E-state index in [0.29, 0.717) is 21.8 Å². The third-order valence-electron chi connectivity index (χ3n) is 2.83. The van der Waals surface area contributed by atoms with Gasteiger partial charge in [0.25, 0.3) is 0 Å². The number of halogens is 1. The molecule has 0 aromatic heterocycles. The zero-order chi connectivity index (χ0) is 14.5. The van der Waals surface area contributed by atoms with Crippen molar-refractivity contribution in [2.24, 2.45) is 5.73 Å². The number of nitrogens with one attached hydrogen (secondary N) is 1. The van der Waals surface area contributed by atoms with E-state index >= 15 is 0 Å². The van der Waals surface area contributed by atoms with Crippen molar-refractivity contribution >= 4 is 23.2 Å². The Morgan fingerprint density at radius 3 is 2.45 bits per heavy atom. The maximum absolute atomic E-state index is 11.7. The number of carbonyl (C=O) groups excluding carboxylic acids is 1. The molecule has 0 heterocycles. The van der Waals surface area contributed by atoms with Gasteiger partial charge < -0.3 is 11.1 Å². The van der Waals surface area contributed by atoms with Crippen molar-refractivity contribution in [3.05, 3.63) is 64.7 Å².